The Morgan fingerprint density at radius 3 is 1.97 bits per heavy atom. The number of carbonyl (C=O) groups excluding carboxylic acids is 1. The van der Waals surface area contributed by atoms with Crippen molar-refractivity contribution in [2.45, 2.75) is 49.4 Å². The molecule has 2 aromatic rings. The van der Waals surface area contributed by atoms with Crippen LogP contribution < -0.4 is 0 Å². The van der Waals surface area contributed by atoms with Crippen molar-refractivity contribution >= 4 is 11.9 Å². The highest BCUT2D eigenvalue weighted by Gasteiger charge is 2.62. The Balaban J connectivity index is 1.31. The molecule has 5 heteroatoms. The van der Waals surface area contributed by atoms with Gasteiger partial charge in [0.2, 0.25) is 5.91 Å². The van der Waals surface area contributed by atoms with Crippen molar-refractivity contribution in [3.8, 4) is 0 Å². The Morgan fingerprint density at radius 1 is 0.818 bits per heavy atom. The quantitative estimate of drug-likeness (QED) is 0.727. The number of piperidine rings is 2. The van der Waals surface area contributed by atoms with Gasteiger partial charge in [-0.15, -0.1) is 0 Å². The monoisotopic (exact) mass is 446 g/mol. The number of carboxylic acids is 1. The first-order chi connectivity index (χ1) is 16.1. The van der Waals surface area contributed by atoms with Crippen molar-refractivity contribution in [3.63, 3.8) is 0 Å². The standard InChI is InChI=1S/C28H34N2O3/c31-25(30-16-8-3-9-17-30)27(22-10-4-1-5-11-22)14-18-29(19-15-27)21-24-20-28(24,26(32)33)23-12-6-2-7-13-23/h1-2,4-7,10-13,24H,3,8-9,14-21H2,(H,32,33). The first-order valence-electron chi connectivity index (χ1n) is 12.4. The number of amides is 1. The van der Waals surface area contributed by atoms with Crippen LogP contribution in [0.25, 0.3) is 0 Å². The molecule has 33 heavy (non-hydrogen) atoms. The van der Waals surface area contributed by atoms with Crippen LogP contribution in [0.3, 0.4) is 0 Å². The fraction of sp³-hybridized carbons (Fsp3) is 0.500. The predicted octanol–water partition coefficient (Wildman–Crippen LogP) is 4.08. The van der Waals surface area contributed by atoms with Gasteiger partial charge in [-0.1, -0.05) is 60.7 Å². The van der Waals surface area contributed by atoms with Crippen molar-refractivity contribution in [3.05, 3.63) is 71.8 Å². The van der Waals surface area contributed by atoms with E-state index in [0.29, 0.717) is 12.3 Å². The van der Waals surface area contributed by atoms with E-state index in [1.54, 1.807) is 0 Å². The summed E-state index contributed by atoms with van der Waals surface area (Å²) < 4.78 is 0. The fourth-order valence-corrected chi connectivity index (χ4v) is 6.24. The number of hydrogen-bond acceptors (Lipinski definition) is 3. The second-order valence-electron chi connectivity index (χ2n) is 10.1. The van der Waals surface area contributed by atoms with Crippen molar-refractivity contribution < 1.29 is 14.7 Å². The molecule has 174 valence electrons. The molecular weight excluding hydrogens is 412 g/mol. The van der Waals surface area contributed by atoms with Crippen LogP contribution in [0, 0.1) is 5.92 Å². The third-order valence-electron chi connectivity index (χ3n) is 8.34. The van der Waals surface area contributed by atoms with E-state index in [1.165, 1.54) is 6.42 Å². The van der Waals surface area contributed by atoms with Crippen molar-refractivity contribution in [1.82, 2.24) is 9.80 Å². The molecule has 3 aliphatic rings. The summed E-state index contributed by atoms with van der Waals surface area (Å²) >= 11 is 0. The molecule has 1 amide bonds. The van der Waals surface area contributed by atoms with Gasteiger partial charge in [-0.3, -0.25) is 9.59 Å². The van der Waals surface area contributed by atoms with E-state index >= 15 is 0 Å². The topological polar surface area (TPSA) is 60.9 Å². The Morgan fingerprint density at radius 2 is 1.39 bits per heavy atom. The smallest absolute Gasteiger partial charge is 0.314 e. The second kappa shape index (κ2) is 8.94. The minimum atomic E-state index is -0.751. The van der Waals surface area contributed by atoms with Crippen molar-refractivity contribution in [1.29, 1.82) is 0 Å². The molecule has 2 atom stereocenters. The molecule has 2 heterocycles. The van der Waals surface area contributed by atoms with E-state index in [0.717, 1.165) is 69.5 Å². The number of hydrogen-bond donors (Lipinski definition) is 1. The van der Waals surface area contributed by atoms with Gasteiger partial charge in [-0.25, -0.2) is 0 Å². The van der Waals surface area contributed by atoms with Gasteiger partial charge in [0.15, 0.2) is 0 Å². The molecule has 0 bridgehead atoms. The van der Waals surface area contributed by atoms with E-state index in [2.05, 4.69) is 21.9 Å². The maximum Gasteiger partial charge on any atom is 0.314 e. The Labute approximate surface area is 196 Å². The highest BCUT2D eigenvalue weighted by Crippen LogP contribution is 2.55. The van der Waals surface area contributed by atoms with Gasteiger partial charge < -0.3 is 14.9 Å². The SMILES string of the molecule is O=C(N1CCCCC1)C1(c2ccccc2)CCN(CC2CC2(C(=O)O)c2ccccc2)CC1. The zero-order valence-electron chi connectivity index (χ0n) is 19.3. The Kier molecular flexibility index (Phi) is 6.00. The van der Waals surface area contributed by atoms with E-state index in [-0.39, 0.29) is 5.92 Å². The van der Waals surface area contributed by atoms with Crippen LogP contribution in [0.2, 0.25) is 0 Å². The third kappa shape index (κ3) is 3.97. The van der Waals surface area contributed by atoms with Gasteiger partial charge in [0.05, 0.1) is 10.8 Å². The summed E-state index contributed by atoms with van der Waals surface area (Å²) in [5, 5.41) is 10.0. The van der Waals surface area contributed by atoms with E-state index in [4.69, 9.17) is 0 Å². The van der Waals surface area contributed by atoms with Gasteiger partial charge in [0.1, 0.15) is 0 Å². The molecule has 1 N–H and O–H groups in total. The Bertz CT molecular complexity index is 979. The summed E-state index contributed by atoms with van der Waals surface area (Å²) in [6, 6.07) is 20.0. The normalized spacial score (nSPS) is 27.2. The largest absolute Gasteiger partial charge is 0.481 e. The van der Waals surface area contributed by atoms with Gasteiger partial charge in [-0.05, 0) is 68.7 Å². The van der Waals surface area contributed by atoms with Crippen LogP contribution in [-0.4, -0.2) is 59.5 Å². The maximum atomic E-state index is 13.8. The highest BCUT2D eigenvalue weighted by molar-refractivity contribution is 5.88. The summed E-state index contributed by atoms with van der Waals surface area (Å²) in [5.74, 6) is -0.294. The lowest BCUT2D eigenvalue weighted by molar-refractivity contribution is -0.140. The number of aliphatic carboxylic acids is 1. The molecule has 2 saturated heterocycles. The van der Waals surface area contributed by atoms with Crippen LogP contribution in [0.15, 0.2) is 60.7 Å². The van der Waals surface area contributed by atoms with Crippen LogP contribution in [0.5, 0.6) is 0 Å². The molecule has 2 aromatic carbocycles. The molecule has 0 radical (unpaired) electrons. The molecule has 1 aliphatic carbocycles. The molecule has 1 saturated carbocycles. The summed E-state index contributed by atoms with van der Waals surface area (Å²) in [4.78, 5) is 30.5. The summed E-state index contributed by atoms with van der Waals surface area (Å²) in [6.07, 6.45) is 5.70. The molecule has 5 rings (SSSR count). The van der Waals surface area contributed by atoms with E-state index < -0.39 is 16.8 Å². The van der Waals surface area contributed by atoms with Gasteiger partial charge in [0, 0.05) is 19.6 Å². The lowest BCUT2D eigenvalue weighted by atomic mass is 9.71. The predicted molar refractivity (Wildman–Crippen MR) is 128 cm³/mol. The number of rotatable bonds is 6. The summed E-state index contributed by atoms with van der Waals surface area (Å²) in [5.41, 5.74) is 0.843. The molecule has 0 spiro atoms. The van der Waals surface area contributed by atoms with Crippen LogP contribution in [0.4, 0.5) is 0 Å². The van der Waals surface area contributed by atoms with E-state index in [1.807, 2.05) is 48.5 Å². The molecular formula is C28H34N2O3. The number of carbonyl (C=O) groups is 2. The van der Waals surface area contributed by atoms with Gasteiger partial charge in [0.25, 0.3) is 0 Å². The molecule has 3 fully saturated rings. The minimum absolute atomic E-state index is 0.124. The third-order valence-corrected chi connectivity index (χ3v) is 8.34. The van der Waals surface area contributed by atoms with Crippen LogP contribution in [-0.2, 0) is 20.4 Å². The number of likely N-dealkylation sites (tertiary alicyclic amines) is 2. The summed E-state index contributed by atoms with van der Waals surface area (Å²) in [7, 11) is 0. The zero-order valence-corrected chi connectivity index (χ0v) is 19.3. The zero-order chi connectivity index (χ0) is 22.9. The second-order valence-corrected chi connectivity index (χ2v) is 10.1. The molecule has 2 aliphatic heterocycles. The molecule has 0 aromatic heterocycles. The first-order valence-corrected chi connectivity index (χ1v) is 12.4. The van der Waals surface area contributed by atoms with Crippen LogP contribution >= 0.6 is 0 Å². The van der Waals surface area contributed by atoms with Crippen LogP contribution in [0.1, 0.15) is 49.7 Å². The summed E-state index contributed by atoms with van der Waals surface area (Å²) in [6.45, 7) is 4.18. The van der Waals surface area contributed by atoms with Crippen molar-refractivity contribution in [2.24, 2.45) is 5.92 Å². The van der Waals surface area contributed by atoms with E-state index in [9.17, 15) is 14.7 Å². The maximum absolute atomic E-state index is 13.8. The average molecular weight is 447 g/mol. The lowest BCUT2D eigenvalue weighted by Gasteiger charge is -2.44. The first kappa shape index (κ1) is 22.1. The molecule has 2 unspecified atom stereocenters. The number of benzene rings is 2. The fourth-order valence-electron chi connectivity index (χ4n) is 6.24. The molecule has 5 nitrogen and oxygen atoms in total. The van der Waals surface area contributed by atoms with Gasteiger partial charge in [-0.2, -0.15) is 0 Å². The number of carboxylic acid groups (broad SMARTS) is 1. The Hall–Kier alpha value is -2.66. The minimum Gasteiger partial charge on any atom is -0.481 e. The van der Waals surface area contributed by atoms with Crippen molar-refractivity contribution in [2.75, 3.05) is 32.7 Å². The highest BCUT2D eigenvalue weighted by atomic mass is 16.4. The van der Waals surface area contributed by atoms with Gasteiger partial charge >= 0.3 is 5.97 Å². The number of nitrogens with zero attached hydrogens (tertiary/aromatic N) is 2. The lowest BCUT2D eigenvalue weighted by Crippen LogP contribution is -2.54. The average Bonchev–Trinajstić information content (AvgIpc) is 3.61.